The zero-order valence-electron chi connectivity index (χ0n) is 15.4. The second-order valence-electron chi connectivity index (χ2n) is 6.43. The number of nitrogens with one attached hydrogen (secondary N) is 2. The molecule has 2 rings (SSSR count). The number of benzene rings is 2. The number of carbonyl (C=O) groups excluding carboxylic acids is 1. The van der Waals surface area contributed by atoms with Crippen molar-refractivity contribution in [3.8, 4) is 0 Å². The van der Waals surface area contributed by atoms with Crippen LogP contribution in [0.1, 0.15) is 28.3 Å². The van der Waals surface area contributed by atoms with E-state index >= 15 is 0 Å². The molecule has 144 valence electrons. The Labute approximate surface area is 165 Å². The maximum absolute atomic E-state index is 11.9. The number of carbonyl (C=O) groups is 1. The van der Waals surface area contributed by atoms with E-state index in [4.69, 9.17) is 18.0 Å². The van der Waals surface area contributed by atoms with Crippen molar-refractivity contribution in [2.75, 3.05) is 12.8 Å². The number of thiocarbonyl (C=S) groups is 1. The van der Waals surface area contributed by atoms with E-state index in [9.17, 15) is 13.2 Å². The fraction of sp³-hybridized carbons (Fsp3) is 0.263. The number of hydrogen-bond acceptors (Lipinski definition) is 4. The van der Waals surface area contributed by atoms with E-state index in [0.717, 1.165) is 22.3 Å². The largest absolute Gasteiger partial charge is 0.368 e. The lowest BCUT2D eigenvalue weighted by molar-refractivity contribution is -0.116. The van der Waals surface area contributed by atoms with Gasteiger partial charge in [0.1, 0.15) is 0 Å². The summed E-state index contributed by atoms with van der Waals surface area (Å²) in [6.45, 7) is 3.90. The summed E-state index contributed by atoms with van der Waals surface area (Å²) < 4.78 is 23.9. The SMILES string of the molecule is Cc1ccc(C(NC(=S)NCC(N)=O)c2cccc(S(C)(=O)=O)c2)c(C)c1. The van der Waals surface area contributed by atoms with Gasteiger partial charge in [-0.1, -0.05) is 35.9 Å². The molecule has 4 N–H and O–H groups in total. The summed E-state index contributed by atoms with van der Waals surface area (Å²) in [7, 11) is -3.35. The predicted octanol–water partition coefficient (Wildman–Crippen LogP) is 1.75. The molecule has 0 bridgehead atoms. The van der Waals surface area contributed by atoms with Crippen molar-refractivity contribution in [1.82, 2.24) is 10.6 Å². The molecule has 0 saturated carbocycles. The van der Waals surface area contributed by atoms with E-state index in [-0.39, 0.29) is 22.6 Å². The minimum atomic E-state index is -3.35. The van der Waals surface area contributed by atoms with E-state index < -0.39 is 15.7 Å². The fourth-order valence-electron chi connectivity index (χ4n) is 2.76. The summed E-state index contributed by atoms with van der Waals surface area (Å²) in [6.07, 6.45) is 1.17. The molecule has 2 aromatic carbocycles. The van der Waals surface area contributed by atoms with Gasteiger partial charge in [-0.15, -0.1) is 0 Å². The zero-order valence-corrected chi connectivity index (χ0v) is 17.1. The van der Waals surface area contributed by atoms with Gasteiger partial charge in [-0.25, -0.2) is 8.42 Å². The van der Waals surface area contributed by atoms with Crippen LogP contribution in [0, 0.1) is 13.8 Å². The molecule has 2 aromatic rings. The molecule has 0 heterocycles. The van der Waals surface area contributed by atoms with E-state index in [1.54, 1.807) is 18.2 Å². The average Bonchev–Trinajstić information content (AvgIpc) is 2.58. The lowest BCUT2D eigenvalue weighted by Gasteiger charge is -2.24. The molecule has 0 aliphatic heterocycles. The van der Waals surface area contributed by atoms with Crippen LogP contribution in [0.25, 0.3) is 0 Å². The van der Waals surface area contributed by atoms with E-state index in [2.05, 4.69) is 10.6 Å². The van der Waals surface area contributed by atoms with Gasteiger partial charge < -0.3 is 16.4 Å². The molecule has 1 atom stereocenters. The van der Waals surface area contributed by atoms with Gasteiger partial charge in [-0.05, 0) is 54.9 Å². The molecule has 0 fully saturated rings. The molecule has 0 aromatic heterocycles. The topological polar surface area (TPSA) is 101 Å². The van der Waals surface area contributed by atoms with Crippen LogP contribution >= 0.6 is 12.2 Å². The Morgan fingerprint density at radius 3 is 2.48 bits per heavy atom. The lowest BCUT2D eigenvalue weighted by atomic mass is 9.94. The Morgan fingerprint density at radius 1 is 1.19 bits per heavy atom. The summed E-state index contributed by atoms with van der Waals surface area (Å²) in [5.74, 6) is -0.527. The number of primary amides is 1. The number of rotatable bonds is 6. The maximum atomic E-state index is 11.9. The maximum Gasteiger partial charge on any atom is 0.236 e. The Bertz CT molecular complexity index is 972. The molecule has 0 aliphatic rings. The number of hydrogen-bond donors (Lipinski definition) is 3. The number of sulfone groups is 1. The number of aryl methyl sites for hydroxylation is 2. The van der Waals surface area contributed by atoms with Crippen molar-refractivity contribution in [3.63, 3.8) is 0 Å². The summed E-state index contributed by atoms with van der Waals surface area (Å²) in [4.78, 5) is 11.2. The van der Waals surface area contributed by atoms with Crippen LogP contribution in [0.5, 0.6) is 0 Å². The van der Waals surface area contributed by atoms with Gasteiger partial charge in [-0.3, -0.25) is 4.79 Å². The van der Waals surface area contributed by atoms with Gasteiger partial charge in [0.2, 0.25) is 5.91 Å². The molecule has 1 unspecified atom stereocenters. The van der Waals surface area contributed by atoms with Crippen LogP contribution in [0.3, 0.4) is 0 Å². The van der Waals surface area contributed by atoms with Gasteiger partial charge in [-0.2, -0.15) is 0 Å². The molecular weight excluding hydrogens is 382 g/mol. The van der Waals surface area contributed by atoms with Crippen molar-refractivity contribution in [3.05, 3.63) is 64.7 Å². The molecule has 6 nitrogen and oxygen atoms in total. The lowest BCUT2D eigenvalue weighted by Crippen LogP contribution is -2.42. The van der Waals surface area contributed by atoms with E-state index in [0.29, 0.717) is 0 Å². The standard InChI is InChI=1S/C19H23N3O3S2/c1-12-7-8-16(13(2)9-12)18(22-19(26)21-11-17(20)23)14-5-4-6-15(10-14)27(3,24)25/h4-10,18H,11H2,1-3H3,(H2,20,23)(H2,21,22,26). The first-order valence-electron chi connectivity index (χ1n) is 8.28. The minimum absolute atomic E-state index is 0.0885. The van der Waals surface area contributed by atoms with Gasteiger partial charge in [0.15, 0.2) is 14.9 Å². The van der Waals surface area contributed by atoms with Gasteiger partial charge in [0.05, 0.1) is 17.5 Å². The Hall–Kier alpha value is -2.45. The second-order valence-corrected chi connectivity index (χ2v) is 8.86. The van der Waals surface area contributed by atoms with Crippen LogP contribution in [0.15, 0.2) is 47.4 Å². The first kappa shape index (κ1) is 20.9. The highest BCUT2D eigenvalue weighted by atomic mass is 32.2. The normalized spacial score (nSPS) is 12.3. The molecule has 27 heavy (non-hydrogen) atoms. The Morgan fingerprint density at radius 2 is 1.89 bits per heavy atom. The van der Waals surface area contributed by atoms with E-state index in [1.165, 1.54) is 6.26 Å². The van der Waals surface area contributed by atoms with Crippen LogP contribution in [0.2, 0.25) is 0 Å². The highest BCUT2D eigenvalue weighted by Crippen LogP contribution is 2.27. The molecular formula is C19H23N3O3S2. The summed E-state index contributed by atoms with van der Waals surface area (Å²) in [5, 5.41) is 6.17. The van der Waals surface area contributed by atoms with Crippen molar-refractivity contribution >= 4 is 33.1 Å². The average molecular weight is 406 g/mol. The first-order valence-corrected chi connectivity index (χ1v) is 10.6. The molecule has 8 heteroatoms. The number of amides is 1. The minimum Gasteiger partial charge on any atom is -0.368 e. The van der Waals surface area contributed by atoms with Crippen LogP contribution in [-0.2, 0) is 14.6 Å². The highest BCUT2D eigenvalue weighted by molar-refractivity contribution is 7.90. The van der Waals surface area contributed by atoms with Gasteiger partial charge in [0.25, 0.3) is 0 Å². The molecule has 0 spiro atoms. The van der Waals surface area contributed by atoms with Crippen molar-refractivity contribution in [2.24, 2.45) is 5.73 Å². The molecule has 0 aliphatic carbocycles. The summed E-state index contributed by atoms with van der Waals surface area (Å²) >= 11 is 5.28. The van der Waals surface area contributed by atoms with Crippen molar-refractivity contribution < 1.29 is 13.2 Å². The molecule has 1 amide bonds. The van der Waals surface area contributed by atoms with Gasteiger partial charge >= 0.3 is 0 Å². The van der Waals surface area contributed by atoms with Crippen molar-refractivity contribution in [1.29, 1.82) is 0 Å². The highest BCUT2D eigenvalue weighted by Gasteiger charge is 2.19. The zero-order chi connectivity index (χ0) is 20.2. The monoisotopic (exact) mass is 405 g/mol. The van der Waals surface area contributed by atoms with Crippen LogP contribution in [0.4, 0.5) is 0 Å². The number of nitrogens with two attached hydrogens (primary N) is 1. The quantitative estimate of drug-likeness (QED) is 0.633. The molecule has 0 saturated heterocycles. The fourth-order valence-corrected chi connectivity index (χ4v) is 3.63. The first-order chi connectivity index (χ1) is 12.6. The van der Waals surface area contributed by atoms with Crippen LogP contribution < -0.4 is 16.4 Å². The Balaban J connectivity index is 2.46. The van der Waals surface area contributed by atoms with E-state index in [1.807, 2.05) is 38.1 Å². The van der Waals surface area contributed by atoms with Crippen molar-refractivity contribution in [2.45, 2.75) is 24.8 Å². The smallest absolute Gasteiger partial charge is 0.236 e. The third-order valence-electron chi connectivity index (χ3n) is 4.05. The second kappa shape index (κ2) is 8.49. The summed E-state index contributed by atoms with van der Waals surface area (Å²) in [6, 6.07) is 12.3. The predicted molar refractivity (Wildman–Crippen MR) is 110 cm³/mol. The third kappa shape index (κ3) is 5.77. The van der Waals surface area contributed by atoms with Crippen LogP contribution in [-0.4, -0.2) is 32.2 Å². The van der Waals surface area contributed by atoms with Gasteiger partial charge in [0, 0.05) is 6.26 Å². The molecule has 0 radical (unpaired) electrons. The Kier molecular flexibility index (Phi) is 6.56. The third-order valence-corrected chi connectivity index (χ3v) is 5.43. The summed E-state index contributed by atoms with van der Waals surface area (Å²) in [5.41, 5.74) is 9.00.